The molecule has 2 atom stereocenters. The molecule has 1 amide bonds. The molecule has 3 aromatic heterocycles. The Bertz CT molecular complexity index is 1720. The number of carboxylic acids is 1. The highest BCUT2D eigenvalue weighted by molar-refractivity contribution is 6.30. The molecule has 5 heterocycles. The first kappa shape index (κ1) is 27.2. The molecule has 1 N–H and O–H groups in total. The van der Waals surface area contributed by atoms with Crippen molar-refractivity contribution >= 4 is 40.3 Å². The van der Waals surface area contributed by atoms with Gasteiger partial charge in [-0.15, -0.1) is 0 Å². The quantitative estimate of drug-likeness (QED) is 0.325. The van der Waals surface area contributed by atoms with E-state index < -0.39 is 11.8 Å². The number of anilines is 1. The summed E-state index contributed by atoms with van der Waals surface area (Å²) >= 11 is 5.92. The van der Waals surface area contributed by atoms with Gasteiger partial charge in [0.05, 0.1) is 22.3 Å². The molecule has 0 bridgehead atoms. The van der Waals surface area contributed by atoms with Gasteiger partial charge in [-0.2, -0.15) is 0 Å². The molecule has 0 saturated carbocycles. The summed E-state index contributed by atoms with van der Waals surface area (Å²) in [6.07, 6.45) is 1.95. The van der Waals surface area contributed by atoms with Gasteiger partial charge in [0.15, 0.2) is 0 Å². The molecular weight excluding hydrogens is 545 g/mol. The maximum Gasteiger partial charge on any atom is 0.337 e. The van der Waals surface area contributed by atoms with Crippen LogP contribution in [0, 0.1) is 25.6 Å². The number of hydrogen-bond acceptors (Lipinski definition) is 5. The topological polar surface area (TPSA) is 91.6 Å². The molecule has 4 aromatic rings. The number of halogens is 2. The Hall–Kier alpha value is -3.98. The van der Waals surface area contributed by atoms with Crippen LogP contribution >= 0.6 is 11.6 Å². The molecule has 8 nitrogen and oxygen atoms in total. The van der Waals surface area contributed by atoms with E-state index >= 15 is 0 Å². The van der Waals surface area contributed by atoms with E-state index in [4.69, 9.17) is 16.6 Å². The number of carbonyl (C=O) groups excluding carboxylic acids is 1. The van der Waals surface area contributed by atoms with Crippen LogP contribution in [0.25, 0.3) is 22.2 Å². The Labute approximate surface area is 242 Å². The van der Waals surface area contributed by atoms with Crippen molar-refractivity contribution in [2.24, 2.45) is 5.92 Å². The fourth-order valence-electron chi connectivity index (χ4n) is 6.13. The lowest BCUT2D eigenvalue weighted by molar-refractivity contribution is 0.0322. The highest BCUT2D eigenvalue weighted by Crippen LogP contribution is 2.38. The predicted octanol–water partition coefficient (Wildman–Crippen LogP) is 5.92. The third-order valence-electron chi connectivity index (χ3n) is 8.24. The van der Waals surface area contributed by atoms with E-state index in [0.717, 1.165) is 23.3 Å². The van der Waals surface area contributed by atoms with E-state index in [-0.39, 0.29) is 28.1 Å². The van der Waals surface area contributed by atoms with Crippen molar-refractivity contribution in [2.75, 3.05) is 24.5 Å². The molecule has 2 aliphatic heterocycles. The summed E-state index contributed by atoms with van der Waals surface area (Å²) in [6.45, 7) is 11.7. The van der Waals surface area contributed by atoms with Crippen molar-refractivity contribution in [1.29, 1.82) is 0 Å². The fourth-order valence-corrected chi connectivity index (χ4v) is 6.24. The minimum atomic E-state index is -0.980. The van der Waals surface area contributed by atoms with Gasteiger partial charge in [-0.1, -0.05) is 17.7 Å². The summed E-state index contributed by atoms with van der Waals surface area (Å²) in [5.41, 5.74) is 3.59. The summed E-state index contributed by atoms with van der Waals surface area (Å²) in [5, 5.41) is 10.4. The van der Waals surface area contributed by atoms with Crippen molar-refractivity contribution in [3.8, 4) is 11.1 Å². The average Bonchev–Trinajstić information content (AvgIpc) is 3.43. The number of carbonyl (C=O) groups is 2. The minimum Gasteiger partial charge on any atom is -0.478 e. The molecule has 6 rings (SSSR count). The van der Waals surface area contributed by atoms with Gasteiger partial charge in [-0.25, -0.2) is 19.2 Å². The number of rotatable bonds is 4. The van der Waals surface area contributed by atoms with E-state index in [1.807, 2.05) is 27.8 Å². The Kier molecular flexibility index (Phi) is 6.33. The standard InChI is InChI=1S/C31H31ClFN5O3/c1-16-10-26(34-17(2)27(16)30(40)41)36-12-19-13-37(25(19)15-36)29(39)24-9-7-20-21(18-6-8-22(32)23(33)11-18)14-38(28(20)35-24)31(3,4)5/h6-11,14,19,25H,12-13,15H2,1-5H3,(H,40,41). The second kappa shape index (κ2) is 9.55. The molecule has 0 radical (unpaired) electrons. The monoisotopic (exact) mass is 575 g/mol. The lowest BCUT2D eigenvalue weighted by Crippen LogP contribution is -2.58. The Morgan fingerprint density at radius 3 is 2.46 bits per heavy atom. The number of benzene rings is 1. The lowest BCUT2D eigenvalue weighted by atomic mass is 9.91. The number of carboxylic acid groups (broad SMARTS) is 1. The number of fused-ring (bicyclic) bond motifs is 2. The van der Waals surface area contributed by atoms with E-state index in [1.54, 1.807) is 32.0 Å². The molecule has 1 aromatic carbocycles. The number of pyridine rings is 2. The van der Waals surface area contributed by atoms with Gasteiger partial charge in [0.1, 0.15) is 23.0 Å². The zero-order valence-electron chi connectivity index (χ0n) is 23.6. The molecule has 212 valence electrons. The van der Waals surface area contributed by atoms with E-state index in [2.05, 4.69) is 30.7 Å². The molecule has 2 aliphatic rings. The van der Waals surface area contributed by atoms with E-state index in [0.29, 0.717) is 47.2 Å². The normalized spacial score (nSPS) is 18.5. The number of aromatic nitrogens is 3. The first-order valence-corrected chi connectivity index (χ1v) is 14.0. The van der Waals surface area contributed by atoms with Crippen molar-refractivity contribution in [2.45, 2.75) is 46.2 Å². The van der Waals surface area contributed by atoms with Gasteiger partial charge < -0.3 is 19.5 Å². The average molecular weight is 576 g/mol. The summed E-state index contributed by atoms with van der Waals surface area (Å²) < 4.78 is 16.3. The van der Waals surface area contributed by atoms with Crippen molar-refractivity contribution in [3.05, 3.63) is 75.9 Å². The third-order valence-corrected chi connectivity index (χ3v) is 8.55. The third kappa shape index (κ3) is 4.52. The van der Waals surface area contributed by atoms with Gasteiger partial charge in [0.25, 0.3) is 5.91 Å². The Morgan fingerprint density at radius 1 is 1.05 bits per heavy atom. The molecular formula is C31H31ClFN5O3. The number of aryl methyl sites for hydroxylation is 2. The van der Waals surface area contributed by atoms with Crippen molar-refractivity contribution < 1.29 is 19.1 Å². The number of hydrogen-bond donors (Lipinski definition) is 1. The molecule has 41 heavy (non-hydrogen) atoms. The second-order valence-electron chi connectivity index (χ2n) is 12.0. The summed E-state index contributed by atoms with van der Waals surface area (Å²) in [7, 11) is 0. The molecule has 2 fully saturated rings. The molecule has 0 spiro atoms. The first-order chi connectivity index (χ1) is 19.3. The summed E-state index contributed by atoms with van der Waals surface area (Å²) in [4.78, 5) is 38.7. The Morgan fingerprint density at radius 2 is 1.80 bits per heavy atom. The zero-order valence-corrected chi connectivity index (χ0v) is 24.3. The van der Waals surface area contributed by atoms with Crippen LogP contribution in [0.15, 0.2) is 42.6 Å². The Balaban J connectivity index is 1.28. The van der Waals surface area contributed by atoms with Crippen molar-refractivity contribution in [1.82, 2.24) is 19.4 Å². The van der Waals surface area contributed by atoms with Gasteiger partial charge in [0, 0.05) is 48.2 Å². The van der Waals surface area contributed by atoms with E-state index in [9.17, 15) is 19.1 Å². The smallest absolute Gasteiger partial charge is 0.337 e. The van der Waals surface area contributed by atoms with Crippen LogP contribution in [0.4, 0.5) is 10.2 Å². The SMILES string of the molecule is Cc1cc(N2CC3CN(C(=O)c4ccc5c(-c6ccc(Cl)c(F)c6)cn(C(C)(C)C)c5n4)C3C2)nc(C)c1C(=O)O. The lowest BCUT2D eigenvalue weighted by Gasteiger charge is -2.43. The van der Waals surface area contributed by atoms with Crippen molar-refractivity contribution in [3.63, 3.8) is 0 Å². The number of amides is 1. The number of nitrogens with zero attached hydrogens (tertiary/aromatic N) is 5. The second-order valence-corrected chi connectivity index (χ2v) is 12.4. The molecule has 0 aliphatic carbocycles. The maximum atomic E-state index is 14.3. The van der Waals surface area contributed by atoms with Crippen LogP contribution in [0.3, 0.4) is 0 Å². The molecule has 2 unspecified atom stereocenters. The zero-order chi connectivity index (χ0) is 29.4. The van der Waals surface area contributed by atoms with Crippen LogP contribution in [0.5, 0.6) is 0 Å². The fraction of sp³-hybridized carbons (Fsp3) is 0.355. The van der Waals surface area contributed by atoms with Crippen LogP contribution in [-0.2, 0) is 5.54 Å². The van der Waals surface area contributed by atoms with Crippen LogP contribution < -0.4 is 4.90 Å². The van der Waals surface area contributed by atoms with Crippen LogP contribution in [0.2, 0.25) is 5.02 Å². The minimum absolute atomic E-state index is 0.0311. The largest absolute Gasteiger partial charge is 0.478 e. The first-order valence-electron chi connectivity index (χ1n) is 13.6. The molecule has 10 heteroatoms. The highest BCUT2D eigenvalue weighted by atomic mass is 35.5. The van der Waals surface area contributed by atoms with E-state index in [1.165, 1.54) is 6.07 Å². The van der Waals surface area contributed by atoms with Crippen LogP contribution in [-0.4, -0.2) is 62.1 Å². The summed E-state index contributed by atoms with van der Waals surface area (Å²) in [6, 6.07) is 10.2. The summed E-state index contributed by atoms with van der Waals surface area (Å²) in [5.74, 6) is -0.546. The van der Waals surface area contributed by atoms with Gasteiger partial charge in [-0.3, -0.25) is 4.79 Å². The highest BCUT2D eigenvalue weighted by Gasteiger charge is 2.48. The van der Waals surface area contributed by atoms with Crippen LogP contribution in [0.1, 0.15) is 52.9 Å². The van der Waals surface area contributed by atoms with Gasteiger partial charge in [0.2, 0.25) is 0 Å². The predicted molar refractivity (Wildman–Crippen MR) is 156 cm³/mol. The van der Waals surface area contributed by atoms with Gasteiger partial charge in [-0.05, 0) is 76.1 Å². The van der Waals surface area contributed by atoms with Gasteiger partial charge >= 0.3 is 5.97 Å². The molecule has 2 saturated heterocycles. The number of likely N-dealkylation sites (tertiary alicyclic amines) is 1. The number of aromatic carboxylic acids is 1. The maximum absolute atomic E-state index is 14.3.